The topological polar surface area (TPSA) is 64.3 Å². The molecule has 1 rings (SSSR count). The third kappa shape index (κ3) is 2.49. The number of nitrogen functional groups attached to an aromatic ring is 1. The third-order valence-corrected chi connectivity index (χ3v) is 1.34. The Morgan fingerprint density at radius 2 is 2.08 bits per heavy atom. The molecule has 0 spiro atoms. The summed E-state index contributed by atoms with van der Waals surface area (Å²) in [5, 5.41) is 2.86. The van der Waals surface area contributed by atoms with Gasteiger partial charge in [0.2, 0.25) is 0 Å². The van der Waals surface area contributed by atoms with E-state index < -0.39 is 0 Å². The average Bonchev–Trinajstić information content (AvgIpc) is 2.09. The first kappa shape index (κ1) is 8.39. The second-order valence-corrected chi connectivity index (χ2v) is 2.21. The molecule has 0 bridgehead atoms. The van der Waals surface area contributed by atoms with E-state index in [4.69, 9.17) is 5.73 Å². The zero-order valence-corrected chi connectivity index (χ0v) is 6.49. The maximum atomic E-state index is 9.77. The second kappa shape index (κ2) is 4.23. The molecule has 4 heteroatoms. The number of nitrogens with two attached hydrogens (primary N) is 1. The highest BCUT2D eigenvalue weighted by atomic mass is 16.5. The molecule has 0 radical (unpaired) electrons. The van der Waals surface area contributed by atoms with Crippen LogP contribution in [-0.2, 0) is 9.53 Å². The second-order valence-electron chi connectivity index (χ2n) is 2.21. The van der Waals surface area contributed by atoms with E-state index in [0.29, 0.717) is 12.2 Å². The van der Waals surface area contributed by atoms with Gasteiger partial charge in [0.05, 0.1) is 0 Å². The number of ether oxygens (including phenoxy) is 1. The van der Waals surface area contributed by atoms with Crippen LogP contribution in [0.5, 0.6) is 0 Å². The van der Waals surface area contributed by atoms with E-state index in [1.807, 2.05) is 12.1 Å². The summed E-state index contributed by atoms with van der Waals surface area (Å²) in [5.74, 6) is 0. The molecule has 1 aromatic rings. The van der Waals surface area contributed by atoms with Gasteiger partial charge in [-0.3, -0.25) is 4.79 Å². The van der Waals surface area contributed by atoms with Crippen LogP contribution in [0.4, 0.5) is 11.4 Å². The van der Waals surface area contributed by atoms with Gasteiger partial charge in [-0.25, -0.2) is 0 Å². The smallest absolute Gasteiger partial charge is 0.294 e. The highest BCUT2D eigenvalue weighted by Gasteiger charge is 1.89. The molecular formula is C8H10N2O2. The zero-order chi connectivity index (χ0) is 8.81. The van der Waals surface area contributed by atoms with Crippen LogP contribution in [-0.4, -0.2) is 13.2 Å². The molecule has 0 unspecified atom stereocenters. The molecule has 0 fully saturated rings. The van der Waals surface area contributed by atoms with Gasteiger partial charge in [0.1, 0.15) is 0 Å². The highest BCUT2D eigenvalue weighted by Crippen LogP contribution is 2.09. The Balaban J connectivity index is 2.42. The van der Waals surface area contributed by atoms with Crippen molar-refractivity contribution in [2.45, 2.75) is 0 Å². The molecule has 12 heavy (non-hydrogen) atoms. The molecule has 0 saturated heterocycles. The van der Waals surface area contributed by atoms with Crippen molar-refractivity contribution in [1.82, 2.24) is 0 Å². The van der Waals surface area contributed by atoms with E-state index >= 15 is 0 Å². The van der Waals surface area contributed by atoms with Crippen molar-refractivity contribution >= 4 is 17.8 Å². The summed E-state index contributed by atoms with van der Waals surface area (Å²) in [4.78, 5) is 9.77. The molecule has 0 amide bonds. The fourth-order valence-electron chi connectivity index (χ4n) is 0.760. The van der Waals surface area contributed by atoms with Crippen molar-refractivity contribution in [3.05, 3.63) is 24.3 Å². The van der Waals surface area contributed by atoms with E-state index in [-0.39, 0.29) is 6.73 Å². The molecule has 0 atom stereocenters. The van der Waals surface area contributed by atoms with E-state index in [1.54, 1.807) is 12.1 Å². The summed E-state index contributed by atoms with van der Waals surface area (Å²) in [6.07, 6.45) is 0. The predicted octanol–water partition coefficient (Wildman–Crippen LogP) is 0.811. The summed E-state index contributed by atoms with van der Waals surface area (Å²) < 4.78 is 4.44. The van der Waals surface area contributed by atoms with E-state index in [2.05, 4.69) is 10.1 Å². The number of nitrogens with one attached hydrogen (secondary N) is 1. The first-order valence-electron chi connectivity index (χ1n) is 3.47. The van der Waals surface area contributed by atoms with Gasteiger partial charge in [-0.2, -0.15) is 0 Å². The highest BCUT2D eigenvalue weighted by molar-refractivity contribution is 5.51. The Hall–Kier alpha value is -1.71. The van der Waals surface area contributed by atoms with Crippen LogP contribution in [0.15, 0.2) is 24.3 Å². The molecular weight excluding hydrogens is 156 g/mol. The summed E-state index contributed by atoms with van der Waals surface area (Å²) in [5.41, 5.74) is 7.04. The molecule has 0 saturated carbocycles. The van der Waals surface area contributed by atoms with Crippen LogP contribution < -0.4 is 11.1 Å². The fourth-order valence-corrected chi connectivity index (χ4v) is 0.760. The van der Waals surface area contributed by atoms with Crippen molar-refractivity contribution in [1.29, 1.82) is 0 Å². The molecule has 0 heterocycles. The van der Waals surface area contributed by atoms with Gasteiger partial charge < -0.3 is 15.8 Å². The first-order valence-corrected chi connectivity index (χ1v) is 3.47. The summed E-state index contributed by atoms with van der Waals surface area (Å²) >= 11 is 0. The van der Waals surface area contributed by atoms with E-state index in [9.17, 15) is 4.79 Å². The van der Waals surface area contributed by atoms with Crippen LogP contribution in [0.1, 0.15) is 0 Å². The van der Waals surface area contributed by atoms with Gasteiger partial charge in [-0.1, -0.05) is 0 Å². The minimum absolute atomic E-state index is 0.174. The van der Waals surface area contributed by atoms with Crippen LogP contribution in [0, 0.1) is 0 Å². The summed E-state index contributed by atoms with van der Waals surface area (Å²) in [6.45, 7) is 0.567. The lowest BCUT2D eigenvalue weighted by molar-refractivity contribution is -0.127. The van der Waals surface area contributed by atoms with Crippen molar-refractivity contribution in [3.8, 4) is 0 Å². The Bertz CT molecular complexity index is 246. The molecule has 1 aromatic carbocycles. The van der Waals surface area contributed by atoms with Gasteiger partial charge in [-0.15, -0.1) is 0 Å². The molecule has 3 N–H and O–H groups in total. The quantitative estimate of drug-likeness (QED) is 0.301. The predicted molar refractivity (Wildman–Crippen MR) is 46.5 cm³/mol. The number of carbonyl (C=O) groups is 1. The van der Waals surface area contributed by atoms with E-state index in [1.165, 1.54) is 0 Å². The van der Waals surface area contributed by atoms with Crippen LogP contribution in [0.25, 0.3) is 0 Å². The van der Waals surface area contributed by atoms with Crippen LogP contribution in [0.2, 0.25) is 0 Å². The largest absolute Gasteiger partial charge is 0.447 e. The zero-order valence-electron chi connectivity index (χ0n) is 6.49. The minimum Gasteiger partial charge on any atom is -0.447 e. The van der Waals surface area contributed by atoms with Crippen molar-refractivity contribution < 1.29 is 9.53 Å². The lowest BCUT2D eigenvalue weighted by Gasteiger charge is -2.03. The Morgan fingerprint density at radius 3 is 2.67 bits per heavy atom. The Morgan fingerprint density at radius 1 is 1.42 bits per heavy atom. The molecule has 0 aliphatic carbocycles. The number of carbonyl (C=O) groups excluding carboxylic acids is 1. The van der Waals surface area contributed by atoms with E-state index in [0.717, 1.165) is 5.69 Å². The molecule has 0 aromatic heterocycles. The van der Waals surface area contributed by atoms with Gasteiger partial charge >= 0.3 is 0 Å². The van der Waals surface area contributed by atoms with Crippen molar-refractivity contribution in [3.63, 3.8) is 0 Å². The Kier molecular flexibility index (Phi) is 2.95. The SMILES string of the molecule is Nc1ccc(NCOC=O)cc1. The monoisotopic (exact) mass is 166 g/mol. The van der Waals surface area contributed by atoms with Crippen molar-refractivity contribution in [2.75, 3.05) is 17.8 Å². The lowest BCUT2D eigenvalue weighted by Crippen LogP contribution is -2.04. The van der Waals surface area contributed by atoms with Gasteiger partial charge in [0.15, 0.2) is 6.73 Å². The molecule has 0 aliphatic heterocycles. The summed E-state index contributed by atoms with van der Waals surface area (Å²) in [6, 6.07) is 7.15. The fraction of sp³-hybridized carbons (Fsp3) is 0.125. The van der Waals surface area contributed by atoms with Crippen molar-refractivity contribution in [2.24, 2.45) is 0 Å². The third-order valence-electron chi connectivity index (χ3n) is 1.34. The standard InChI is InChI=1S/C8H10N2O2/c9-7-1-3-8(4-2-7)10-5-12-6-11/h1-4,6,10H,5,9H2. The number of hydrogen-bond acceptors (Lipinski definition) is 4. The average molecular weight is 166 g/mol. The summed E-state index contributed by atoms with van der Waals surface area (Å²) in [7, 11) is 0. The maximum Gasteiger partial charge on any atom is 0.294 e. The first-order chi connectivity index (χ1) is 5.83. The van der Waals surface area contributed by atoms with Gasteiger partial charge in [-0.05, 0) is 24.3 Å². The minimum atomic E-state index is 0.174. The molecule has 4 nitrogen and oxygen atoms in total. The number of benzene rings is 1. The number of rotatable bonds is 4. The van der Waals surface area contributed by atoms with Gasteiger partial charge in [0.25, 0.3) is 6.47 Å². The number of anilines is 2. The van der Waals surface area contributed by atoms with Gasteiger partial charge in [0, 0.05) is 11.4 Å². The maximum absolute atomic E-state index is 9.77. The molecule has 0 aliphatic rings. The normalized spacial score (nSPS) is 9.00. The Labute approximate surface area is 70.3 Å². The van der Waals surface area contributed by atoms with Crippen LogP contribution >= 0.6 is 0 Å². The van der Waals surface area contributed by atoms with Crippen LogP contribution in [0.3, 0.4) is 0 Å². The lowest BCUT2D eigenvalue weighted by atomic mass is 10.3. The number of hydrogen-bond donors (Lipinski definition) is 2. The molecule has 64 valence electrons.